The van der Waals surface area contributed by atoms with Crippen LogP contribution in [0.3, 0.4) is 0 Å². The molecule has 78 valence electrons. The maximum Gasteiger partial charge on any atom is 0.0215 e. The molecule has 0 radical (unpaired) electrons. The van der Waals surface area contributed by atoms with Crippen molar-refractivity contribution in [1.29, 1.82) is 0 Å². The third-order valence-electron chi connectivity index (χ3n) is 2.89. The van der Waals surface area contributed by atoms with Crippen LogP contribution in [-0.2, 0) is 0 Å². The van der Waals surface area contributed by atoms with E-state index in [2.05, 4.69) is 20.0 Å². The van der Waals surface area contributed by atoms with E-state index in [-0.39, 0.29) is 0 Å². The van der Waals surface area contributed by atoms with Crippen molar-refractivity contribution in [3.05, 3.63) is 0 Å². The monoisotopic (exact) mass is 202 g/mol. The molecule has 0 heterocycles. The third-order valence-corrected chi connectivity index (χ3v) is 3.06. The molecule has 13 heavy (non-hydrogen) atoms. The van der Waals surface area contributed by atoms with Gasteiger partial charge >= 0.3 is 0 Å². The van der Waals surface area contributed by atoms with Crippen LogP contribution in [0, 0.1) is 0 Å². The smallest absolute Gasteiger partial charge is 0.0215 e. The molecule has 1 fully saturated rings. The summed E-state index contributed by atoms with van der Waals surface area (Å²) >= 11 is 0. The number of rotatable bonds is 2. The molecule has 0 saturated heterocycles. The Balaban J connectivity index is 2.18. The molecule has 1 saturated carbocycles. The van der Waals surface area contributed by atoms with E-state index in [9.17, 15) is 0 Å². The van der Waals surface area contributed by atoms with Gasteiger partial charge in [-0.2, -0.15) is 0 Å². The van der Waals surface area contributed by atoms with Crippen molar-refractivity contribution in [2.75, 3.05) is 0 Å². The molecule has 1 unspecified atom stereocenters. The molecule has 1 aliphatic carbocycles. The molecule has 1 atom stereocenters. The lowest BCUT2D eigenvalue weighted by Crippen LogP contribution is -2.35. The second-order valence-electron chi connectivity index (χ2n) is 4.04. The van der Waals surface area contributed by atoms with Gasteiger partial charge in [0.15, 0.2) is 0 Å². The van der Waals surface area contributed by atoms with E-state index in [1.54, 1.807) is 0 Å². The van der Waals surface area contributed by atoms with E-state index >= 15 is 0 Å². The van der Waals surface area contributed by atoms with Crippen LogP contribution in [0.2, 0.25) is 0 Å². The van der Waals surface area contributed by atoms with Crippen molar-refractivity contribution in [2.45, 2.75) is 63.8 Å². The van der Waals surface area contributed by atoms with Crippen LogP contribution in [0.15, 0.2) is 0 Å². The van der Waals surface area contributed by atoms with Gasteiger partial charge in [0, 0.05) is 6.04 Å². The Morgan fingerprint density at radius 3 is 1.69 bits per heavy atom. The van der Waals surface area contributed by atoms with Crippen LogP contribution in [0.25, 0.3) is 0 Å². The summed E-state index contributed by atoms with van der Waals surface area (Å²) < 4.78 is 0. The Morgan fingerprint density at radius 2 is 1.23 bits per heavy atom. The standard InChI is InChI=1S/C10H23N2P/c13-12-11-10-8-6-4-2-1-3-5-7-9-10/h10-12H,1-9,13H2. The van der Waals surface area contributed by atoms with Gasteiger partial charge in [-0.25, -0.2) is 5.20 Å². The Morgan fingerprint density at radius 1 is 0.769 bits per heavy atom. The number of nitrogens with one attached hydrogen (secondary N) is 2. The Bertz CT molecular complexity index is 109. The molecule has 2 nitrogen and oxygen atoms in total. The number of hydrogen-bond acceptors (Lipinski definition) is 2. The SMILES string of the molecule is PNNC1CCCCCCCCC1. The average molecular weight is 202 g/mol. The second-order valence-corrected chi connectivity index (χ2v) is 4.33. The molecule has 0 bridgehead atoms. The molecule has 1 rings (SSSR count). The first-order valence-electron chi connectivity index (χ1n) is 5.64. The van der Waals surface area contributed by atoms with E-state index in [4.69, 9.17) is 0 Å². The Hall–Kier alpha value is 0.350. The fourth-order valence-electron chi connectivity index (χ4n) is 2.07. The quantitative estimate of drug-likeness (QED) is 0.531. The van der Waals surface area contributed by atoms with Crippen LogP contribution < -0.4 is 10.6 Å². The van der Waals surface area contributed by atoms with E-state index in [0.29, 0.717) is 6.04 Å². The van der Waals surface area contributed by atoms with Crippen LogP contribution in [-0.4, -0.2) is 6.04 Å². The molecule has 0 aliphatic heterocycles. The minimum atomic E-state index is 0.690. The van der Waals surface area contributed by atoms with Crippen LogP contribution in [0.1, 0.15) is 57.8 Å². The van der Waals surface area contributed by atoms with Crippen LogP contribution in [0.4, 0.5) is 0 Å². The molecule has 1 aliphatic rings. The highest BCUT2D eigenvalue weighted by Gasteiger charge is 2.07. The maximum atomic E-state index is 3.31. The van der Waals surface area contributed by atoms with Gasteiger partial charge in [0.05, 0.1) is 0 Å². The van der Waals surface area contributed by atoms with Gasteiger partial charge in [-0.05, 0) is 12.8 Å². The predicted molar refractivity (Wildman–Crippen MR) is 61.3 cm³/mol. The van der Waals surface area contributed by atoms with E-state index in [1.807, 2.05) is 0 Å². The second kappa shape index (κ2) is 7.73. The average Bonchev–Trinajstić information content (AvgIpc) is 2.16. The van der Waals surface area contributed by atoms with E-state index < -0.39 is 0 Å². The van der Waals surface area contributed by atoms with Crippen LogP contribution in [0.5, 0.6) is 0 Å². The fraction of sp³-hybridized carbons (Fsp3) is 1.00. The highest BCUT2D eigenvalue weighted by atomic mass is 31.0. The molecule has 0 spiro atoms. The highest BCUT2D eigenvalue weighted by Crippen LogP contribution is 2.16. The molecular formula is C10H23N2P. The van der Waals surface area contributed by atoms with Gasteiger partial charge in [-0.3, -0.25) is 5.43 Å². The zero-order valence-electron chi connectivity index (χ0n) is 8.52. The summed E-state index contributed by atoms with van der Waals surface area (Å²) in [5.74, 6) is 0. The van der Waals surface area contributed by atoms with Gasteiger partial charge in [-0.15, -0.1) is 0 Å². The van der Waals surface area contributed by atoms with E-state index in [0.717, 1.165) is 0 Å². The lowest BCUT2D eigenvalue weighted by atomic mass is 9.98. The number of hydrazine groups is 1. The first-order chi connectivity index (χ1) is 6.43. The third kappa shape index (κ3) is 5.61. The summed E-state index contributed by atoms with van der Waals surface area (Å²) in [6.45, 7) is 0. The molecule has 2 N–H and O–H groups in total. The van der Waals surface area contributed by atoms with Crippen molar-refractivity contribution < 1.29 is 0 Å². The van der Waals surface area contributed by atoms with Gasteiger partial charge in [0.2, 0.25) is 0 Å². The number of hydrogen-bond donors (Lipinski definition) is 2. The van der Waals surface area contributed by atoms with Gasteiger partial charge in [0.1, 0.15) is 0 Å². The summed E-state index contributed by atoms with van der Waals surface area (Å²) in [6.07, 6.45) is 12.7. The maximum absolute atomic E-state index is 3.31. The summed E-state index contributed by atoms with van der Waals surface area (Å²) in [4.78, 5) is 0. The van der Waals surface area contributed by atoms with Crippen LogP contribution >= 0.6 is 9.39 Å². The van der Waals surface area contributed by atoms with Gasteiger partial charge < -0.3 is 0 Å². The minimum absolute atomic E-state index is 0.690. The molecular weight excluding hydrogens is 179 g/mol. The minimum Gasteiger partial charge on any atom is -0.252 e. The highest BCUT2D eigenvalue weighted by molar-refractivity contribution is 7.13. The topological polar surface area (TPSA) is 24.1 Å². The van der Waals surface area contributed by atoms with Gasteiger partial charge in [0.25, 0.3) is 0 Å². The zero-order valence-corrected chi connectivity index (χ0v) is 9.67. The lowest BCUT2D eigenvalue weighted by molar-refractivity contribution is 0.393. The summed E-state index contributed by atoms with van der Waals surface area (Å²) in [5, 5.41) is 2.99. The molecule has 3 heteroatoms. The Labute approximate surface area is 84.5 Å². The van der Waals surface area contributed by atoms with E-state index in [1.165, 1.54) is 57.8 Å². The van der Waals surface area contributed by atoms with Crippen molar-refractivity contribution in [2.24, 2.45) is 0 Å². The fourth-order valence-corrected chi connectivity index (χ4v) is 2.31. The summed E-state index contributed by atoms with van der Waals surface area (Å²) in [7, 11) is 2.52. The van der Waals surface area contributed by atoms with Crippen molar-refractivity contribution >= 4 is 9.39 Å². The van der Waals surface area contributed by atoms with Crippen molar-refractivity contribution in [1.82, 2.24) is 10.6 Å². The Kier molecular flexibility index (Phi) is 6.79. The lowest BCUT2D eigenvalue weighted by Gasteiger charge is -2.19. The van der Waals surface area contributed by atoms with Crippen molar-refractivity contribution in [3.63, 3.8) is 0 Å². The molecule has 0 amide bonds. The van der Waals surface area contributed by atoms with Gasteiger partial charge in [-0.1, -0.05) is 54.3 Å². The zero-order chi connectivity index (χ0) is 9.36. The predicted octanol–water partition coefficient (Wildman–Crippen LogP) is 2.76. The van der Waals surface area contributed by atoms with Crippen molar-refractivity contribution in [3.8, 4) is 0 Å². The normalized spacial score (nSPS) is 22.8. The summed E-state index contributed by atoms with van der Waals surface area (Å²) in [5.41, 5.74) is 3.31. The summed E-state index contributed by atoms with van der Waals surface area (Å²) in [6, 6.07) is 0.690. The first kappa shape index (κ1) is 11.4. The largest absolute Gasteiger partial charge is 0.252 e. The molecule has 0 aromatic carbocycles. The molecule has 0 aromatic heterocycles. The molecule has 0 aromatic rings. The first-order valence-corrected chi connectivity index (χ1v) is 6.22.